The van der Waals surface area contributed by atoms with Gasteiger partial charge in [0, 0.05) is 22.9 Å². The first kappa shape index (κ1) is 13.9. The van der Waals surface area contributed by atoms with Crippen molar-refractivity contribution < 1.29 is 14.6 Å². The van der Waals surface area contributed by atoms with Crippen molar-refractivity contribution in [1.29, 1.82) is 0 Å². The Morgan fingerprint density at radius 1 is 1.39 bits per heavy atom. The molecule has 23 heavy (non-hydrogen) atoms. The van der Waals surface area contributed by atoms with E-state index in [4.69, 9.17) is 9.47 Å². The van der Waals surface area contributed by atoms with Crippen molar-refractivity contribution in [3.8, 4) is 11.5 Å². The Labute approximate surface area is 136 Å². The van der Waals surface area contributed by atoms with E-state index < -0.39 is 6.10 Å². The fraction of sp³-hybridized carbons (Fsp3) is 0.579. The Bertz CT molecular complexity index is 700. The highest BCUT2D eigenvalue weighted by molar-refractivity contribution is 5.62. The maximum atomic E-state index is 10.6. The van der Waals surface area contributed by atoms with Gasteiger partial charge < -0.3 is 19.5 Å². The molecule has 4 heteroatoms. The van der Waals surface area contributed by atoms with Crippen LogP contribution in [0.4, 0.5) is 0 Å². The molecule has 2 aliphatic carbocycles. The molecule has 0 amide bonds. The van der Waals surface area contributed by atoms with Crippen molar-refractivity contribution in [3.05, 3.63) is 35.4 Å². The molecule has 5 rings (SSSR count). The van der Waals surface area contributed by atoms with E-state index in [0.29, 0.717) is 18.6 Å². The number of piperidine rings is 1. The van der Waals surface area contributed by atoms with Crippen molar-refractivity contribution in [3.63, 3.8) is 0 Å². The van der Waals surface area contributed by atoms with Crippen LogP contribution in [0.15, 0.2) is 24.3 Å². The summed E-state index contributed by atoms with van der Waals surface area (Å²) in [6, 6.07) is 4.75. The molecule has 4 aliphatic rings. The van der Waals surface area contributed by atoms with Crippen LogP contribution in [0, 0.1) is 5.92 Å². The topological polar surface area (TPSA) is 41.9 Å². The highest BCUT2D eigenvalue weighted by Crippen LogP contribution is 2.62. The summed E-state index contributed by atoms with van der Waals surface area (Å²) >= 11 is 0. The van der Waals surface area contributed by atoms with E-state index in [-0.39, 0.29) is 11.5 Å². The molecular formula is C19H23NO3. The monoisotopic (exact) mass is 313 g/mol. The van der Waals surface area contributed by atoms with E-state index in [1.807, 2.05) is 19.1 Å². The average Bonchev–Trinajstić information content (AvgIpc) is 2.90. The zero-order valence-corrected chi connectivity index (χ0v) is 13.7. The Kier molecular flexibility index (Phi) is 2.73. The molecule has 122 valence electrons. The molecule has 1 aromatic rings. The predicted molar refractivity (Wildman–Crippen MR) is 87.1 cm³/mol. The minimum Gasteiger partial charge on any atom is -0.490 e. The van der Waals surface area contributed by atoms with Gasteiger partial charge in [0.2, 0.25) is 0 Å². The molecule has 0 saturated carbocycles. The summed E-state index contributed by atoms with van der Waals surface area (Å²) in [5.74, 6) is 2.14. The van der Waals surface area contributed by atoms with Gasteiger partial charge in [-0.3, -0.25) is 0 Å². The Hall–Kier alpha value is -1.52. The number of hydrogen-bond donors (Lipinski definition) is 1. The van der Waals surface area contributed by atoms with Crippen molar-refractivity contribution in [2.45, 2.75) is 43.4 Å². The Morgan fingerprint density at radius 3 is 3.09 bits per heavy atom. The number of ether oxygens (including phenoxy) is 2. The fourth-order valence-electron chi connectivity index (χ4n) is 5.50. The minimum atomic E-state index is -0.539. The Morgan fingerprint density at radius 2 is 2.26 bits per heavy atom. The second-order valence-electron chi connectivity index (χ2n) is 7.34. The molecule has 1 N–H and O–H groups in total. The van der Waals surface area contributed by atoms with Crippen molar-refractivity contribution in [2.75, 3.05) is 20.2 Å². The number of rotatable bonds is 2. The van der Waals surface area contributed by atoms with E-state index >= 15 is 0 Å². The number of nitrogens with zero attached hydrogens (tertiary/aromatic N) is 1. The summed E-state index contributed by atoms with van der Waals surface area (Å²) in [4.78, 5) is 2.48. The van der Waals surface area contributed by atoms with Gasteiger partial charge in [-0.2, -0.15) is 0 Å². The molecule has 0 aromatic heterocycles. The van der Waals surface area contributed by atoms with E-state index in [0.717, 1.165) is 30.9 Å². The van der Waals surface area contributed by atoms with E-state index in [1.54, 1.807) is 0 Å². The normalized spacial score (nSPS) is 39.8. The van der Waals surface area contributed by atoms with Crippen LogP contribution in [0.1, 0.15) is 24.5 Å². The summed E-state index contributed by atoms with van der Waals surface area (Å²) in [6.45, 7) is 3.68. The Balaban J connectivity index is 1.78. The summed E-state index contributed by atoms with van der Waals surface area (Å²) < 4.78 is 12.2. The smallest absolute Gasteiger partial charge is 0.165 e. The molecular weight excluding hydrogens is 290 g/mol. The second-order valence-corrected chi connectivity index (χ2v) is 7.34. The van der Waals surface area contributed by atoms with Crippen LogP contribution in [0.25, 0.3) is 0 Å². The first-order valence-corrected chi connectivity index (χ1v) is 8.69. The third kappa shape index (κ3) is 1.54. The fourth-order valence-corrected chi connectivity index (χ4v) is 5.50. The van der Waals surface area contributed by atoms with Crippen LogP contribution < -0.4 is 9.47 Å². The molecule has 1 saturated heterocycles. The lowest BCUT2D eigenvalue weighted by molar-refractivity contribution is -0.0453. The van der Waals surface area contributed by atoms with Crippen LogP contribution in [-0.2, 0) is 11.8 Å². The van der Waals surface area contributed by atoms with Crippen molar-refractivity contribution in [1.82, 2.24) is 4.90 Å². The van der Waals surface area contributed by atoms with Crippen LogP contribution in [0.2, 0.25) is 0 Å². The molecule has 0 radical (unpaired) electrons. The zero-order chi connectivity index (χ0) is 15.8. The lowest BCUT2D eigenvalue weighted by Gasteiger charge is -2.56. The highest BCUT2D eigenvalue weighted by Gasteiger charge is 2.64. The quantitative estimate of drug-likeness (QED) is 0.847. The summed E-state index contributed by atoms with van der Waals surface area (Å²) in [5, 5.41) is 10.6. The van der Waals surface area contributed by atoms with Gasteiger partial charge >= 0.3 is 0 Å². The molecule has 4 nitrogen and oxygen atoms in total. The molecule has 1 fully saturated rings. The highest BCUT2D eigenvalue weighted by atomic mass is 16.5. The maximum Gasteiger partial charge on any atom is 0.165 e. The van der Waals surface area contributed by atoms with Gasteiger partial charge in [0.25, 0.3) is 0 Å². The van der Waals surface area contributed by atoms with Gasteiger partial charge in [0.15, 0.2) is 11.5 Å². The minimum absolute atomic E-state index is 0.0820. The lowest BCUT2D eigenvalue weighted by Crippen LogP contribution is -2.64. The van der Waals surface area contributed by atoms with Gasteiger partial charge in [0.1, 0.15) is 12.2 Å². The molecule has 2 bridgehead atoms. The van der Waals surface area contributed by atoms with Crippen LogP contribution in [0.3, 0.4) is 0 Å². The number of likely N-dealkylation sites (N-methyl/N-ethyl adjacent to an activating group) is 1. The second kappa shape index (κ2) is 4.52. The van der Waals surface area contributed by atoms with Crippen molar-refractivity contribution in [2.24, 2.45) is 5.92 Å². The van der Waals surface area contributed by atoms with Gasteiger partial charge in [-0.25, -0.2) is 0 Å². The van der Waals surface area contributed by atoms with E-state index in [9.17, 15) is 5.11 Å². The summed E-state index contributed by atoms with van der Waals surface area (Å²) in [6.07, 6.45) is 5.56. The lowest BCUT2D eigenvalue weighted by atomic mass is 9.53. The van der Waals surface area contributed by atoms with Gasteiger partial charge in [0.05, 0.1) is 6.61 Å². The third-order valence-corrected chi connectivity index (χ3v) is 6.43. The maximum absolute atomic E-state index is 10.6. The molecule has 5 atom stereocenters. The number of aliphatic hydroxyl groups is 1. The molecule has 2 aliphatic heterocycles. The summed E-state index contributed by atoms with van der Waals surface area (Å²) in [7, 11) is 2.22. The van der Waals surface area contributed by atoms with Crippen LogP contribution in [-0.4, -0.2) is 48.5 Å². The van der Waals surface area contributed by atoms with Crippen LogP contribution >= 0.6 is 0 Å². The first-order valence-electron chi connectivity index (χ1n) is 8.69. The number of likely N-dealkylation sites (tertiary alicyclic amines) is 1. The number of aliphatic hydroxyl groups excluding tert-OH is 1. The number of hydrogen-bond acceptors (Lipinski definition) is 4. The SMILES string of the molecule is CCOc1ccc2c3c1O[C@H]1[C@H](O)C=C[C@H]4[C@@H](C2)N(C)CC[C@@]341. The van der Waals surface area contributed by atoms with Gasteiger partial charge in [-0.1, -0.05) is 18.2 Å². The molecule has 2 heterocycles. The average molecular weight is 313 g/mol. The van der Waals surface area contributed by atoms with Gasteiger partial charge in [-0.05, 0) is 45.0 Å². The standard InChI is InChI=1S/C19H23NO3/c1-3-22-15-7-4-11-10-13-12-5-6-14(21)18-19(12,8-9-20(13)2)16(11)17(15)23-18/h4-7,12-14,18,21H,3,8-10H2,1-2H3/t12-,13+,14+,18-,19-/m0/s1. The molecule has 1 aromatic carbocycles. The van der Waals surface area contributed by atoms with Crippen LogP contribution in [0.5, 0.6) is 11.5 Å². The van der Waals surface area contributed by atoms with Crippen molar-refractivity contribution >= 4 is 0 Å². The van der Waals surface area contributed by atoms with E-state index in [2.05, 4.69) is 24.1 Å². The molecule has 1 spiro atoms. The third-order valence-electron chi connectivity index (χ3n) is 6.43. The number of benzene rings is 1. The zero-order valence-electron chi connectivity index (χ0n) is 13.7. The molecule has 0 unspecified atom stereocenters. The van der Waals surface area contributed by atoms with Gasteiger partial charge in [-0.15, -0.1) is 0 Å². The van der Waals surface area contributed by atoms with E-state index in [1.165, 1.54) is 11.1 Å². The largest absolute Gasteiger partial charge is 0.490 e. The first-order chi connectivity index (χ1) is 11.2. The summed E-state index contributed by atoms with van der Waals surface area (Å²) in [5.41, 5.74) is 2.62. The predicted octanol–water partition coefficient (Wildman–Crippen LogP) is 1.89.